The van der Waals surface area contributed by atoms with Gasteiger partial charge < -0.3 is 15.4 Å². The molecule has 1 heterocycles. The van der Waals surface area contributed by atoms with E-state index >= 15 is 0 Å². The van der Waals surface area contributed by atoms with Crippen LogP contribution in [0.5, 0.6) is 5.75 Å². The monoisotopic (exact) mass is 317 g/mol. The van der Waals surface area contributed by atoms with E-state index in [1.54, 1.807) is 7.11 Å². The first-order valence-electron chi connectivity index (χ1n) is 8.62. The van der Waals surface area contributed by atoms with Gasteiger partial charge in [-0.15, -0.1) is 0 Å². The van der Waals surface area contributed by atoms with Gasteiger partial charge in [-0.05, 0) is 25.0 Å². The molecular formula is C18H27N3O2. The number of nitrogens with one attached hydrogen (secondary N) is 2. The minimum Gasteiger partial charge on any atom is -0.495 e. The van der Waals surface area contributed by atoms with E-state index in [1.165, 1.54) is 32.1 Å². The molecule has 1 aliphatic heterocycles. The molecule has 1 aromatic carbocycles. The zero-order chi connectivity index (χ0) is 16.1. The molecule has 3 rings (SSSR count). The number of piperazine rings is 1. The highest BCUT2D eigenvalue weighted by atomic mass is 16.5. The molecule has 0 aromatic heterocycles. The Hall–Kier alpha value is -1.59. The third kappa shape index (κ3) is 3.67. The van der Waals surface area contributed by atoms with Crippen LogP contribution in [0.3, 0.4) is 0 Å². The van der Waals surface area contributed by atoms with Crippen LogP contribution in [0.2, 0.25) is 0 Å². The summed E-state index contributed by atoms with van der Waals surface area (Å²) in [6, 6.07) is 7.56. The number of carbonyl (C=O) groups is 1. The Kier molecular flexibility index (Phi) is 5.18. The number of ether oxygens (including phenoxy) is 1. The van der Waals surface area contributed by atoms with Crippen LogP contribution in [0.25, 0.3) is 0 Å². The molecule has 2 fully saturated rings. The van der Waals surface area contributed by atoms with Gasteiger partial charge >= 0.3 is 0 Å². The van der Waals surface area contributed by atoms with Crippen molar-refractivity contribution in [2.75, 3.05) is 38.6 Å². The second-order valence-corrected chi connectivity index (χ2v) is 6.63. The van der Waals surface area contributed by atoms with Crippen molar-refractivity contribution in [1.29, 1.82) is 0 Å². The lowest BCUT2D eigenvalue weighted by atomic mass is 9.79. The standard InChI is InChI=1S/C18H27N3O2/c1-23-16-8-4-3-7-15(16)20-17(22)13-21-12-11-19-14-18(21)9-5-2-6-10-18/h3-4,7-8,19H,2,5-6,9-14H2,1H3,(H,20,22). The molecule has 0 radical (unpaired) electrons. The van der Waals surface area contributed by atoms with Crippen LogP contribution in [-0.4, -0.2) is 49.6 Å². The van der Waals surface area contributed by atoms with E-state index in [0.717, 1.165) is 25.3 Å². The number of carbonyl (C=O) groups excluding carboxylic acids is 1. The topological polar surface area (TPSA) is 53.6 Å². The van der Waals surface area contributed by atoms with E-state index in [2.05, 4.69) is 15.5 Å². The molecular weight excluding hydrogens is 290 g/mol. The maximum atomic E-state index is 12.5. The Morgan fingerprint density at radius 1 is 1.30 bits per heavy atom. The van der Waals surface area contributed by atoms with Crippen LogP contribution >= 0.6 is 0 Å². The fourth-order valence-corrected chi connectivity index (χ4v) is 3.94. The van der Waals surface area contributed by atoms with Crippen LogP contribution in [0.1, 0.15) is 32.1 Å². The molecule has 126 valence electrons. The van der Waals surface area contributed by atoms with Gasteiger partial charge in [-0.25, -0.2) is 0 Å². The summed E-state index contributed by atoms with van der Waals surface area (Å²) in [6.07, 6.45) is 6.26. The molecule has 1 amide bonds. The van der Waals surface area contributed by atoms with Crippen molar-refractivity contribution in [2.24, 2.45) is 0 Å². The molecule has 0 unspecified atom stereocenters. The van der Waals surface area contributed by atoms with Crippen molar-refractivity contribution in [3.8, 4) is 5.75 Å². The minimum absolute atomic E-state index is 0.0429. The Morgan fingerprint density at radius 2 is 2.09 bits per heavy atom. The fraction of sp³-hybridized carbons (Fsp3) is 0.611. The van der Waals surface area contributed by atoms with Crippen LogP contribution in [0, 0.1) is 0 Å². The predicted octanol–water partition coefficient (Wildman–Crippen LogP) is 2.24. The summed E-state index contributed by atoms with van der Waals surface area (Å²) >= 11 is 0. The van der Waals surface area contributed by atoms with Gasteiger partial charge in [-0.2, -0.15) is 0 Å². The number of hydrogen-bond donors (Lipinski definition) is 2. The SMILES string of the molecule is COc1ccccc1NC(=O)CN1CCNCC12CCCCC2. The molecule has 23 heavy (non-hydrogen) atoms. The van der Waals surface area contributed by atoms with Gasteiger partial charge in [0.15, 0.2) is 0 Å². The van der Waals surface area contributed by atoms with E-state index in [9.17, 15) is 4.79 Å². The fourth-order valence-electron chi connectivity index (χ4n) is 3.94. The van der Waals surface area contributed by atoms with Gasteiger partial charge in [-0.1, -0.05) is 31.4 Å². The quantitative estimate of drug-likeness (QED) is 0.894. The third-order valence-electron chi connectivity index (χ3n) is 5.18. The molecule has 0 atom stereocenters. The lowest BCUT2D eigenvalue weighted by Crippen LogP contribution is -2.63. The van der Waals surface area contributed by atoms with Gasteiger partial charge in [0, 0.05) is 25.2 Å². The first-order chi connectivity index (χ1) is 11.2. The summed E-state index contributed by atoms with van der Waals surface area (Å²) in [5, 5.41) is 6.53. The van der Waals surface area contributed by atoms with Crippen molar-refractivity contribution in [3.05, 3.63) is 24.3 Å². The van der Waals surface area contributed by atoms with Crippen molar-refractivity contribution in [2.45, 2.75) is 37.6 Å². The summed E-state index contributed by atoms with van der Waals surface area (Å²) in [5.41, 5.74) is 0.919. The highest BCUT2D eigenvalue weighted by molar-refractivity contribution is 5.93. The molecule has 2 N–H and O–H groups in total. The normalized spacial score (nSPS) is 21.1. The zero-order valence-corrected chi connectivity index (χ0v) is 13.9. The summed E-state index contributed by atoms with van der Waals surface area (Å²) in [4.78, 5) is 14.9. The average molecular weight is 317 g/mol. The molecule has 0 bridgehead atoms. The maximum Gasteiger partial charge on any atom is 0.238 e. The molecule has 1 saturated heterocycles. The van der Waals surface area contributed by atoms with Crippen molar-refractivity contribution < 1.29 is 9.53 Å². The zero-order valence-electron chi connectivity index (χ0n) is 13.9. The Labute approximate surface area is 138 Å². The molecule has 5 heteroatoms. The molecule has 1 spiro atoms. The second-order valence-electron chi connectivity index (χ2n) is 6.63. The van der Waals surface area contributed by atoms with Crippen molar-refractivity contribution in [3.63, 3.8) is 0 Å². The second kappa shape index (κ2) is 7.32. The van der Waals surface area contributed by atoms with Gasteiger partial charge in [0.2, 0.25) is 5.91 Å². The van der Waals surface area contributed by atoms with Crippen LogP contribution < -0.4 is 15.4 Å². The van der Waals surface area contributed by atoms with Crippen LogP contribution in [-0.2, 0) is 4.79 Å². The maximum absolute atomic E-state index is 12.5. The number of amides is 1. The Balaban J connectivity index is 1.66. The molecule has 5 nitrogen and oxygen atoms in total. The van der Waals surface area contributed by atoms with Crippen LogP contribution in [0.15, 0.2) is 24.3 Å². The average Bonchev–Trinajstić information content (AvgIpc) is 2.58. The van der Waals surface area contributed by atoms with E-state index in [-0.39, 0.29) is 11.4 Å². The van der Waals surface area contributed by atoms with Gasteiger partial charge in [0.05, 0.1) is 19.3 Å². The van der Waals surface area contributed by atoms with E-state index in [1.807, 2.05) is 24.3 Å². The van der Waals surface area contributed by atoms with E-state index in [0.29, 0.717) is 12.3 Å². The smallest absolute Gasteiger partial charge is 0.238 e. The first kappa shape index (κ1) is 16.3. The molecule has 1 aromatic rings. The highest BCUT2D eigenvalue weighted by Gasteiger charge is 2.40. The number of benzene rings is 1. The largest absolute Gasteiger partial charge is 0.495 e. The number of rotatable bonds is 4. The third-order valence-corrected chi connectivity index (χ3v) is 5.18. The number of hydrogen-bond acceptors (Lipinski definition) is 4. The molecule has 1 saturated carbocycles. The predicted molar refractivity (Wildman–Crippen MR) is 91.9 cm³/mol. The highest BCUT2D eigenvalue weighted by Crippen LogP contribution is 2.34. The summed E-state index contributed by atoms with van der Waals surface area (Å²) < 4.78 is 5.31. The van der Waals surface area contributed by atoms with Crippen molar-refractivity contribution in [1.82, 2.24) is 10.2 Å². The molecule has 2 aliphatic rings. The summed E-state index contributed by atoms with van der Waals surface area (Å²) in [7, 11) is 1.62. The Morgan fingerprint density at radius 3 is 2.87 bits per heavy atom. The molecule has 1 aliphatic carbocycles. The lowest BCUT2D eigenvalue weighted by Gasteiger charge is -2.49. The minimum atomic E-state index is 0.0429. The van der Waals surface area contributed by atoms with E-state index in [4.69, 9.17) is 4.74 Å². The number of methoxy groups -OCH3 is 1. The number of anilines is 1. The first-order valence-corrected chi connectivity index (χ1v) is 8.62. The number of nitrogens with zero attached hydrogens (tertiary/aromatic N) is 1. The van der Waals surface area contributed by atoms with Crippen molar-refractivity contribution >= 4 is 11.6 Å². The van der Waals surface area contributed by atoms with Gasteiger partial charge in [0.25, 0.3) is 0 Å². The van der Waals surface area contributed by atoms with Crippen LogP contribution in [0.4, 0.5) is 5.69 Å². The Bertz CT molecular complexity index is 533. The van der Waals surface area contributed by atoms with Gasteiger partial charge in [0.1, 0.15) is 5.75 Å². The summed E-state index contributed by atoms with van der Waals surface area (Å²) in [6.45, 7) is 3.37. The number of para-hydroxylation sites is 2. The summed E-state index contributed by atoms with van der Waals surface area (Å²) in [5.74, 6) is 0.745. The van der Waals surface area contributed by atoms with E-state index < -0.39 is 0 Å². The van der Waals surface area contributed by atoms with Gasteiger partial charge in [-0.3, -0.25) is 9.69 Å². The lowest BCUT2D eigenvalue weighted by molar-refractivity contribution is -0.120.